The number of fused-ring (bicyclic) bond motifs is 1. The number of rotatable bonds is 4. The summed E-state index contributed by atoms with van der Waals surface area (Å²) >= 11 is 0. The first kappa shape index (κ1) is 13.1. The molecule has 1 heterocycles. The molecule has 104 valence electrons. The zero-order valence-electron chi connectivity index (χ0n) is 11.5. The highest BCUT2D eigenvalue weighted by Crippen LogP contribution is 2.26. The molecule has 0 atom stereocenters. The molecule has 0 saturated carbocycles. The molecule has 0 unspecified atom stereocenters. The molecule has 4 nitrogen and oxygen atoms in total. The quantitative estimate of drug-likeness (QED) is 0.895. The van der Waals surface area contributed by atoms with Gasteiger partial charge >= 0.3 is 0 Å². The van der Waals surface area contributed by atoms with E-state index in [1.807, 2.05) is 12.1 Å². The second-order valence-electron chi connectivity index (χ2n) is 5.14. The number of aliphatic hydroxyl groups is 1. The third-order valence-corrected chi connectivity index (χ3v) is 3.73. The van der Waals surface area contributed by atoms with E-state index in [1.165, 1.54) is 36.8 Å². The van der Waals surface area contributed by atoms with Crippen LogP contribution in [0, 0.1) is 0 Å². The van der Waals surface area contributed by atoms with Crippen LogP contribution in [0.3, 0.4) is 0 Å². The van der Waals surface area contributed by atoms with Crippen molar-refractivity contribution in [2.45, 2.75) is 25.7 Å². The maximum Gasteiger partial charge on any atom is 0.148 e. The molecule has 0 spiro atoms. The van der Waals surface area contributed by atoms with Crippen LogP contribution in [-0.2, 0) is 12.8 Å². The lowest BCUT2D eigenvalue weighted by atomic mass is 9.90. The largest absolute Gasteiger partial charge is 0.395 e. The predicted octanol–water partition coefficient (Wildman–Crippen LogP) is 2.43. The Hall–Kier alpha value is -1.94. The van der Waals surface area contributed by atoms with E-state index >= 15 is 0 Å². The van der Waals surface area contributed by atoms with E-state index in [0.717, 1.165) is 11.3 Å². The van der Waals surface area contributed by atoms with Gasteiger partial charge in [0, 0.05) is 12.1 Å². The first-order valence-electron chi connectivity index (χ1n) is 7.17. The number of hydrogen-bond acceptors (Lipinski definition) is 4. The molecule has 0 radical (unpaired) electrons. The van der Waals surface area contributed by atoms with Gasteiger partial charge in [-0.15, -0.1) is 10.2 Å². The maximum absolute atomic E-state index is 8.76. The van der Waals surface area contributed by atoms with Crippen molar-refractivity contribution < 1.29 is 5.11 Å². The van der Waals surface area contributed by atoms with E-state index in [1.54, 1.807) is 0 Å². The van der Waals surface area contributed by atoms with Crippen molar-refractivity contribution in [3.8, 4) is 11.3 Å². The summed E-state index contributed by atoms with van der Waals surface area (Å²) in [6, 6.07) is 10.5. The Bertz CT molecular complexity index is 581. The SMILES string of the molecule is OCCNc1ccc(-c2ccc3c(c2)CCCC3)nn1. The average Bonchev–Trinajstić information content (AvgIpc) is 2.53. The number of aryl methyl sites for hydroxylation is 2. The zero-order chi connectivity index (χ0) is 13.8. The second-order valence-corrected chi connectivity index (χ2v) is 5.14. The van der Waals surface area contributed by atoms with Crippen molar-refractivity contribution in [1.29, 1.82) is 0 Å². The molecule has 1 aliphatic rings. The van der Waals surface area contributed by atoms with E-state index in [-0.39, 0.29) is 6.61 Å². The Labute approximate surface area is 118 Å². The summed E-state index contributed by atoms with van der Waals surface area (Å²) < 4.78 is 0. The summed E-state index contributed by atoms with van der Waals surface area (Å²) in [5, 5.41) is 20.2. The van der Waals surface area contributed by atoms with Gasteiger partial charge in [-0.25, -0.2) is 0 Å². The van der Waals surface area contributed by atoms with Gasteiger partial charge in [0.15, 0.2) is 0 Å². The van der Waals surface area contributed by atoms with Crippen molar-refractivity contribution in [2.75, 3.05) is 18.5 Å². The zero-order valence-corrected chi connectivity index (χ0v) is 11.5. The van der Waals surface area contributed by atoms with Gasteiger partial charge in [0.05, 0.1) is 12.3 Å². The monoisotopic (exact) mass is 269 g/mol. The van der Waals surface area contributed by atoms with Crippen LogP contribution in [-0.4, -0.2) is 28.5 Å². The number of aliphatic hydroxyl groups excluding tert-OH is 1. The maximum atomic E-state index is 8.76. The van der Waals surface area contributed by atoms with Crippen molar-refractivity contribution in [2.24, 2.45) is 0 Å². The van der Waals surface area contributed by atoms with E-state index in [2.05, 4.69) is 33.7 Å². The van der Waals surface area contributed by atoms with E-state index in [9.17, 15) is 0 Å². The lowest BCUT2D eigenvalue weighted by Crippen LogP contribution is -2.07. The minimum Gasteiger partial charge on any atom is -0.395 e. The first-order chi connectivity index (χ1) is 9.86. The number of benzene rings is 1. The Balaban J connectivity index is 1.81. The fraction of sp³-hybridized carbons (Fsp3) is 0.375. The highest BCUT2D eigenvalue weighted by Gasteiger charge is 2.10. The van der Waals surface area contributed by atoms with Crippen LogP contribution < -0.4 is 5.32 Å². The number of anilines is 1. The Morgan fingerprint density at radius 2 is 1.85 bits per heavy atom. The Kier molecular flexibility index (Phi) is 3.92. The van der Waals surface area contributed by atoms with Crippen LogP contribution in [0.2, 0.25) is 0 Å². The van der Waals surface area contributed by atoms with Crippen LogP contribution in [0.1, 0.15) is 24.0 Å². The fourth-order valence-corrected chi connectivity index (χ4v) is 2.66. The summed E-state index contributed by atoms with van der Waals surface area (Å²) in [6.45, 7) is 0.584. The summed E-state index contributed by atoms with van der Waals surface area (Å²) in [5.74, 6) is 0.695. The van der Waals surface area contributed by atoms with Crippen LogP contribution in [0.15, 0.2) is 30.3 Å². The highest BCUT2D eigenvalue weighted by atomic mass is 16.3. The molecule has 1 aromatic carbocycles. The summed E-state index contributed by atoms with van der Waals surface area (Å²) in [7, 11) is 0. The van der Waals surface area contributed by atoms with Gasteiger partial charge in [0.1, 0.15) is 5.82 Å². The normalized spacial score (nSPS) is 13.8. The highest BCUT2D eigenvalue weighted by molar-refractivity contribution is 5.61. The van der Waals surface area contributed by atoms with Crippen molar-refractivity contribution in [3.63, 3.8) is 0 Å². The fourth-order valence-electron chi connectivity index (χ4n) is 2.66. The van der Waals surface area contributed by atoms with Crippen LogP contribution in [0.25, 0.3) is 11.3 Å². The average molecular weight is 269 g/mol. The molecule has 2 aromatic rings. The van der Waals surface area contributed by atoms with Gasteiger partial charge in [-0.3, -0.25) is 0 Å². The van der Waals surface area contributed by atoms with Gasteiger partial charge < -0.3 is 10.4 Å². The molecular formula is C16H19N3O. The number of nitrogens with zero attached hydrogens (tertiary/aromatic N) is 2. The number of nitrogens with one attached hydrogen (secondary N) is 1. The molecule has 0 amide bonds. The van der Waals surface area contributed by atoms with Crippen molar-refractivity contribution in [3.05, 3.63) is 41.5 Å². The predicted molar refractivity (Wildman–Crippen MR) is 79.7 cm³/mol. The summed E-state index contributed by atoms with van der Waals surface area (Å²) in [4.78, 5) is 0. The molecule has 3 rings (SSSR count). The van der Waals surface area contributed by atoms with Crippen molar-refractivity contribution in [1.82, 2.24) is 10.2 Å². The molecule has 0 saturated heterocycles. The third kappa shape index (κ3) is 2.80. The smallest absolute Gasteiger partial charge is 0.148 e. The van der Waals surface area contributed by atoms with Crippen LogP contribution in [0.4, 0.5) is 5.82 Å². The minimum absolute atomic E-state index is 0.0915. The third-order valence-electron chi connectivity index (χ3n) is 3.73. The molecule has 0 fully saturated rings. The Morgan fingerprint density at radius 3 is 2.60 bits per heavy atom. The van der Waals surface area contributed by atoms with E-state index in [4.69, 9.17) is 5.11 Å². The van der Waals surface area contributed by atoms with E-state index in [0.29, 0.717) is 12.4 Å². The molecular weight excluding hydrogens is 250 g/mol. The number of hydrogen-bond donors (Lipinski definition) is 2. The van der Waals surface area contributed by atoms with Gasteiger partial charge in [0.2, 0.25) is 0 Å². The van der Waals surface area contributed by atoms with Gasteiger partial charge in [-0.1, -0.05) is 12.1 Å². The number of aromatic nitrogens is 2. The standard InChI is InChI=1S/C16H19N3O/c20-10-9-17-16-8-7-15(18-19-16)14-6-5-12-3-1-2-4-13(12)11-14/h5-8,11,20H,1-4,9-10H2,(H,17,19). The Morgan fingerprint density at radius 1 is 1.00 bits per heavy atom. The molecule has 4 heteroatoms. The second kappa shape index (κ2) is 6.01. The molecule has 0 aliphatic heterocycles. The van der Waals surface area contributed by atoms with Gasteiger partial charge in [-0.05, 0) is 55.0 Å². The molecule has 1 aromatic heterocycles. The van der Waals surface area contributed by atoms with Gasteiger partial charge in [-0.2, -0.15) is 0 Å². The lowest BCUT2D eigenvalue weighted by Gasteiger charge is -2.16. The lowest BCUT2D eigenvalue weighted by molar-refractivity contribution is 0.311. The molecule has 1 aliphatic carbocycles. The molecule has 20 heavy (non-hydrogen) atoms. The van der Waals surface area contributed by atoms with Crippen molar-refractivity contribution >= 4 is 5.82 Å². The van der Waals surface area contributed by atoms with E-state index < -0.39 is 0 Å². The summed E-state index contributed by atoms with van der Waals surface area (Å²) in [6.07, 6.45) is 4.96. The van der Waals surface area contributed by atoms with Crippen LogP contribution in [0.5, 0.6) is 0 Å². The molecule has 2 N–H and O–H groups in total. The minimum atomic E-state index is 0.0915. The van der Waals surface area contributed by atoms with Crippen LogP contribution >= 0.6 is 0 Å². The first-order valence-corrected chi connectivity index (χ1v) is 7.17. The van der Waals surface area contributed by atoms with Gasteiger partial charge in [0.25, 0.3) is 0 Å². The summed E-state index contributed by atoms with van der Waals surface area (Å²) in [5.41, 5.74) is 4.96. The molecule has 0 bridgehead atoms. The topological polar surface area (TPSA) is 58.0 Å².